The van der Waals surface area contributed by atoms with E-state index in [0.29, 0.717) is 34.9 Å². The minimum atomic E-state index is -0.820. The van der Waals surface area contributed by atoms with Crippen LogP contribution < -0.4 is 10.6 Å². The average molecular weight is 388 g/mol. The van der Waals surface area contributed by atoms with Crippen LogP contribution in [-0.4, -0.2) is 35.3 Å². The van der Waals surface area contributed by atoms with Crippen LogP contribution in [0, 0.1) is 17.8 Å². The molecule has 3 aliphatic rings. The Bertz CT molecular complexity index is 809. The molecule has 1 aromatic rings. The Kier molecular flexibility index (Phi) is 4.91. The molecular weight excluding hydrogens is 366 g/mol. The van der Waals surface area contributed by atoms with E-state index in [-0.39, 0.29) is 18.9 Å². The van der Waals surface area contributed by atoms with Gasteiger partial charge in [-0.2, -0.15) is 0 Å². The highest BCUT2D eigenvalue weighted by Crippen LogP contribution is 2.42. The van der Waals surface area contributed by atoms with Crippen LogP contribution >= 0.6 is 11.6 Å². The highest BCUT2D eigenvalue weighted by molar-refractivity contribution is 6.31. The predicted octanol–water partition coefficient (Wildman–Crippen LogP) is 2.48. The lowest BCUT2D eigenvalue weighted by Gasteiger charge is -2.19. The second-order valence-electron chi connectivity index (χ2n) is 7.57. The third-order valence-corrected chi connectivity index (χ3v) is 6.13. The summed E-state index contributed by atoms with van der Waals surface area (Å²) in [5.74, 6) is 1.10. The molecule has 0 aromatic heterocycles. The largest absolute Gasteiger partial charge is 0.356 e. The van der Waals surface area contributed by atoms with Gasteiger partial charge in [-0.1, -0.05) is 42.0 Å². The number of carbonyl (C=O) groups excluding carboxylic acids is 3. The van der Waals surface area contributed by atoms with Crippen molar-refractivity contribution < 1.29 is 14.4 Å². The van der Waals surface area contributed by atoms with E-state index in [9.17, 15) is 14.4 Å². The van der Waals surface area contributed by atoms with E-state index in [0.717, 1.165) is 11.3 Å². The second kappa shape index (κ2) is 7.35. The molecule has 0 spiro atoms. The van der Waals surface area contributed by atoms with Crippen LogP contribution in [0.25, 0.3) is 0 Å². The van der Waals surface area contributed by atoms with Gasteiger partial charge in [-0.3, -0.25) is 14.5 Å². The number of fused-ring (bicyclic) bond motifs is 2. The average Bonchev–Trinajstić information content (AvgIpc) is 3.33. The Morgan fingerprint density at radius 3 is 2.74 bits per heavy atom. The number of allylic oxidation sites excluding steroid dienone is 2. The van der Waals surface area contributed by atoms with E-state index in [4.69, 9.17) is 11.6 Å². The Hall–Kier alpha value is -2.34. The third kappa shape index (κ3) is 3.72. The number of urea groups is 1. The molecule has 0 radical (unpaired) electrons. The molecule has 3 unspecified atom stereocenters. The van der Waals surface area contributed by atoms with Gasteiger partial charge in [0.1, 0.15) is 6.04 Å². The van der Waals surface area contributed by atoms with Gasteiger partial charge in [0.25, 0.3) is 5.91 Å². The van der Waals surface area contributed by atoms with Crippen LogP contribution in [0.15, 0.2) is 36.4 Å². The number of imide groups is 1. The third-order valence-electron chi connectivity index (χ3n) is 5.76. The van der Waals surface area contributed by atoms with Crippen molar-refractivity contribution in [1.82, 2.24) is 15.5 Å². The Balaban J connectivity index is 1.30. The normalized spacial score (nSPS) is 28.7. The van der Waals surface area contributed by atoms with Gasteiger partial charge < -0.3 is 10.6 Å². The van der Waals surface area contributed by atoms with Crippen LogP contribution in [0.5, 0.6) is 0 Å². The van der Waals surface area contributed by atoms with Crippen LogP contribution in [0.2, 0.25) is 5.02 Å². The van der Waals surface area contributed by atoms with Gasteiger partial charge in [-0.15, -0.1) is 0 Å². The first-order valence-electron chi connectivity index (χ1n) is 9.31. The number of halogens is 1. The summed E-state index contributed by atoms with van der Waals surface area (Å²) >= 11 is 6.11. The quantitative estimate of drug-likeness (QED) is 0.581. The van der Waals surface area contributed by atoms with Crippen molar-refractivity contribution in [3.63, 3.8) is 0 Å². The molecule has 2 bridgehead atoms. The van der Waals surface area contributed by atoms with E-state index in [1.165, 1.54) is 6.42 Å². The van der Waals surface area contributed by atoms with Gasteiger partial charge >= 0.3 is 6.03 Å². The van der Waals surface area contributed by atoms with Gasteiger partial charge in [0.15, 0.2) is 0 Å². The number of nitrogens with one attached hydrogen (secondary N) is 2. The molecular formula is C20H22ClN3O3. The van der Waals surface area contributed by atoms with Crippen LogP contribution in [0.1, 0.15) is 24.8 Å². The van der Waals surface area contributed by atoms with E-state index in [1.807, 2.05) is 0 Å². The van der Waals surface area contributed by atoms with E-state index in [1.54, 1.807) is 24.3 Å². The molecule has 1 heterocycles. The molecule has 7 heteroatoms. The number of amides is 4. The van der Waals surface area contributed by atoms with E-state index < -0.39 is 18.0 Å². The molecule has 4 atom stereocenters. The molecule has 6 nitrogen and oxygen atoms in total. The molecule has 2 aliphatic carbocycles. The highest BCUT2D eigenvalue weighted by atomic mass is 35.5. The fraction of sp³-hybridized carbons (Fsp3) is 0.450. The summed E-state index contributed by atoms with van der Waals surface area (Å²) in [6.45, 7) is 0.725. The maximum atomic E-state index is 12.5. The first kappa shape index (κ1) is 18.0. The van der Waals surface area contributed by atoms with Crippen LogP contribution in [-0.2, 0) is 16.1 Å². The monoisotopic (exact) mass is 387 g/mol. The fourth-order valence-corrected chi connectivity index (χ4v) is 4.49. The zero-order valence-corrected chi connectivity index (χ0v) is 15.6. The lowest BCUT2D eigenvalue weighted by atomic mass is 9.93. The first-order valence-corrected chi connectivity index (χ1v) is 9.69. The Labute approximate surface area is 162 Å². The number of hydrogen-bond acceptors (Lipinski definition) is 3. The first-order chi connectivity index (χ1) is 13.0. The van der Waals surface area contributed by atoms with Crippen molar-refractivity contribution in [2.24, 2.45) is 17.8 Å². The van der Waals surface area contributed by atoms with Crippen molar-refractivity contribution in [3.05, 3.63) is 47.0 Å². The Morgan fingerprint density at radius 2 is 2.04 bits per heavy atom. The molecule has 4 rings (SSSR count). The molecule has 27 heavy (non-hydrogen) atoms. The lowest BCUT2D eigenvalue weighted by molar-refractivity contribution is -0.131. The molecule has 2 N–H and O–H groups in total. The standard InChI is InChI=1S/C20H22ClN3O3/c21-16-4-2-1-3-14(16)11-24-19(26)17(23-20(24)27)9-18(25)22-10-15-8-12-5-6-13(15)7-12/h1-6,12-13,15,17H,7-11H2,(H,22,25)(H,23,27)/t12?,13?,15?,17-/m1/s1. The maximum Gasteiger partial charge on any atom is 0.325 e. The number of nitrogens with zero attached hydrogens (tertiary/aromatic N) is 1. The number of rotatable bonds is 6. The lowest BCUT2D eigenvalue weighted by Crippen LogP contribution is -2.38. The summed E-state index contributed by atoms with van der Waals surface area (Å²) in [6, 6.07) is 5.76. The second-order valence-corrected chi connectivity index (χ2v) is 7.97. The summed E-state index contributed by atoms with van der Waals surface area (Å²) in [4.78, 5) is 38.1. The number of carbonyl (C=O) groups is 3. The predicted molar refractivity (Wildman–Crippen MR) is 101 cm³/mol. The van der Waals surface area contributed by atoms with Crippen molar-refractivity contribution in [1.29, 1.82) is 0 Å². The maximum absolute atomic E-state index is 12.5. The Morgan fingerprint density at radius 1 is 1.22 bits per heavy atom. The van der Waals surface area contributed by atoms with Crippen molar-refractivity contribution in [2.45, 2.75) is 31.8 Å². The molecule has 142 valence electrons. The molecule has 2 fully saturated rings. The minimum absolute atomic E-state index is 0.0414. The van der Waals surface area contributed by atoms with Gasteiger partial charge in [-0.25, -0.2) is 4.79 Å². The van der Waals surface area contributed by atoms with Crippen molar-refractivity contribution in [2.75, 3.05) is 6.54 Å². The summed E-state index contributed by atoms with van der Waals surface area (Å²) in [6.07, 6.45) is 6.78. The molecule has 1 saturated heterocycles. The summed E-state index contributed by atoms with van der Waals surface area (Å²) in [5.41, 5.74) is 0.692. The smallest absolute Gasteiger partial charge is 0.325 e. The minimum Gasteiger partial charge on any atom is -0.356 e. The zero-order valence-electron chi connectivity index (χ0n) is 14.9. The van der Waals surface area contributed by atoms with Crippen LogP contribution in [0.4, 0.5) is 4.79 Å². The summed E-state index contributed by atoms with van der Waals surface area (Å²) < 4.78 is 0. The topological polar surface area (TPSA) is 78.5 Å². The van der Waals surface area contributed by atoms with Gasteiger partial charge in [0.05, 0.1) is 13.0 Å². The van der Waals surface area contributed by atoms with Crippen molar-refractivity contribution in [3.8, 4) is 0 Å². The molecule has 1 aromatic carbocycles. The highest BCUT2D eigenvalue weighted by Gasteiger charge is 2.40. The fourth-order valence-electron chi connectivity index (χ4n) is 4.29. The number of benzene rings is 1. The van der Waals surface area contributed by atoms with Crippen molar-refractivity contribution >= 4 is 29.4 Å². The van der Waals surface area contributed by atoms with E-state index in [2.05, 4.69) is 22.8 Å². The van der Waals surface area contributed by atoms with Gasteiger partial charge in [0.2, 0.25) is 5.91 Å². The molecule has 1 saturated carbocycles. The number of hydrogen-bond donors (Lipinski definition) is 2. The zero-order chi connectivity index (χ0) is 19.0. The van der Waals surface area contributed by atoms with Crippen LogP contribution in [0.3, 0.4) is 0 Å². The van der Waals surface area contributed by atoms with Gasteiger partial charge in [-0.05, 0) is 42.2 Å². The SMILES string of the molecule is O=C(C[C@H]1NC(=O)N(Cc2ccccc2Cl)C1=O)NCC1CC2C=CC1C2. The molecule has 1 aliphatic heterocycles. The van der Waals surface area contributed by atoms with Gasteiger partial charge in [0, 0.05) is 11.6 Å². The summed E-state index contributed by atoms with van der Waals surface area (Å²) in [7, 11) is 0. The summed E-state index contributed by atoms with van der Waals surface area (Å²) in [5, 5.41) is 6.03. The van der Waals surface area contributed by atoms with E-state index >= 15 is 0 Å². The molecule has 4 amide bonds.